The zero-order valence-electron chi connectivity index (χ0n) is 17.2. The molecule has 2 aromatic carbocycles. The summed E-state index contributed by atoms with van der Waals surface area (Å²) >= 11 is 11.1. The number of anilines is 1. The molecule has 1 aliphatic heterocycles. The van der Waals surface area contributed by atoms with Gasteiger partial charge in [-0.1, -0.05) is 39.7 Å². The minimum absolute atomic E-state index is 0.106. The number of hydrazone groups is 1. The molecule has 0 bridgehead atoms. The summed E-state index contributed by atoms with van der Waals surface area (Å²) in [7, 11) is 1.36. The first-order valence-corrected chi connectivity index (χ1v) is 12.2. The second kappa shape index (κ2) is 10.5. The second-order valence-electron chi connectivity index (χ2n) is 7.12. The fourth-order valence-electron chi connectivity index (χ4n) is 3.54. The number of benzene rings is 2. The third-order valence-electron chi connectivity index (χ3n) is 5.07. The summed E-state index contributed by atoms with van der Waals surface area (Å²) < 4.78 is 6.10. The molecule has 0 fully saturated rings. The van der Waals surface area contributed by atoms with Gasteiger partial charge >= 0.3 is 12.0 Å². The number of amides is 2. The van der Waals surface area contributed by atoms with Crippen molar-refractivity contribution in [1.82, 2.24) is 5.01 Å². The van der Waals surface area contributed by atoms with E-state index in [1.807, 2.05) is 30.5 Å². The van der Waals surface area contributed by atoms with Gasteiger partial charge in [-0.25, -0.2) is 9.80 Å². The van der Waals surface area contributed by atoms with Crippen molar-refractivity contribution in [2.75, 3.05) is 31.0 Å². The van der Waals surface area contributed by atoms with E-state index >= 15 is 0 Å². The lowest BCUT2D eigenvalue weighted by Gasteiger charge is -2.28. The van der Waals surface area contributed by atoms with E-state index in [1.54, 1.807) is 36.0 Å². The van der Waals surface area contributed by atoms with Gasteiger partial charge in [-0.3, -0.25) is 4.79 Å². The standard InChI is InChI=1S/C22H23BrClN3O3S/c1-30-20(28)22(12-3-13-31-2)14-27(21(29)25-18-10-6-16(23)7-11-18)26-19(22)15-4-8-17(24)9-5-15/h4-11H,3,12-14H2,1-2H3,(H,25,29). The van der Waals surface area contributed by atoms with E-state index in [4.69, 9.17) is 16.3 Å². The molecule has 1 atom stereocenters. The van der Waals surface area contributed by atoms with Crippen molar-refractivity contribution in [3.8, 4) is 0 Å². The Morgan fingerprint density at radius 1 is 1.23 bits per heavy atom. The van der Waals surface area contributed by atoms with Crippen molar-refractivity contribution in [3.63, 3.8) is 0 Å². The van der Waals surface area contributed by atoms with Crippen molar-refractivity contribution >= 4 is 62.7 Å². The number of urea groups is 1. The summed E-state index contributed by atoms with van der Waals surface area (Å²) in [6.45, 7) is 0.106. The van der Waals surface area contributed by atoms with Gasteiger partial charge in [0.25, 0.3) is 0 Å². The highest BCUT2D eigenvalue weighted by Gasteiger charge is 2.51. The Balaban J connectivity index is 1.96. The average molecular weight is 525 g/mol. The van der Waals surface area contributed by atoms with Crippen molar-refractivity contribution in [2.45, 2.75) is 12.8 Å². The summed E-state index contributed by atoms with van der Waals surface area (Å²) in [5, 5.41) is 9.31. The van der Waals surface area contributed by atoms with Crippen LogP contribution in [0.15, 0.2) is 58.1 Å². The van der Waals surface area contributed by atoms with Crippen LogP contribution in [0.1, 0.15) is 18.4 Å². The van der Waals surface area contributed by atoms with Gasteiger partial charge in [-0.2, -0.15) is 16.9 Å². The van der Waals surface area contributed by atoms with E-state index in [1.165, 1.54) is 12.1 Å². The van der Waals surface area contributed by atoms with Gasteiger partial charge in [0.1, 0.15) is 5.41 Å². The molecule has 0 radical (unpaired) electrons. The van der Waals surface area contributed by atoms with Crippen LogP contribution in [0.4, 0.5) is 10.5 Å². The van der Waals surface area contributed by atoms with E-state index in [0.717, 1.165) is 22.2 Å². The maximum absolute atomic E-state index is 13.0. The molecule has 1 heterocycles. The molecule has 2 amide bonds. The van der Waals surface area contributed by atoms with Gasteiger partial charge in [-0.05, 0) is 66.8 Å². The minimum atomic E-state index is -1.05. The van der Waals surface area contributed by atoms with E-state index in [0.29, 0.717) is 22.8 Å². The first kappa shape index (κ1) is 23.6. The zero-order chi connectivity index (χ0) is 22.4. The van der Waals surface area contributed by atoms with Crippen LogP contribution in [-0.2, 0) is 9.53 Å². The molecule has 0 aromatic heterocycles. The fourth-order valence-corrected chi connectivity index (χ4v) is 4.36. The SMILES string of the molecule is COC(=O)C1(CCCSC)CN(C(=O)Nc2ccc(Br)cc2)N=C1c1ccc(Cl)cc1. The Morgan fingerprint density at radius 3 is 2.52 bits per heavy atom. The number of carbonyl (C=O) groups is 2. The van der Waals surface area contributed by atoms with Crippen molar-refractivity contribution in [3.05, 3.63) is 63.6 Å². The molecule has 3 rings (SSSR count). The first-order chi connectivity index (χ1) is 14.9. The monoisotopic (exact) mass is 523 g/mol. The lowest BCUT2D eigenvalue weighted by atomic mass is 9.76. The summed E-state index contributed by atoms with van der Waals surface area (Å²) in [5.41, 5.74) is 0.838. The van der Waals surface area contributed by atoms with Crippen LogP contribution in [0.5, 0.6) is 0 Å². The number of esters is 1. The van der Waals surface area contributed by atoms with Crippen LogP contribution < -0.4 is 5.32 Å². The van der Waals surface area contributed by atoms with Gasteiger partial charge in [0.05, 0.1) is 19.4 Å². The Labute approximate surface area is 199 Å². The lowest BCUT2D eigenvalue weighted by Crippen LogP contribution is -2.44. The summed E-state index contributed by atoms with van der Waals surface area (Å²) in [6, 6.07) is 13.9. The third kappa shape index (κ3) is 5.42. The van der Waals surface area contributed by atoms with Gasteiger partial charge < -0.3 is 10.1 Å². The molecule has 1 N–H and O–H groups in total. The third-order valence-corrected chi connectivity index (χ3v) is 6.55. The van der Waals surface area contributed by atoms with Crippen LogP contribution in [-0.4, -0.2) is 48.4 Å². The lowest BCUT2D eigenvalue weighted by molar-refractivity contribution is -0.148. The number of methoxy groups -OCH3 is 1. The number of halogens is 2. The largest absolute Gasteiger partial charge is 0.468 e. The van der Waals surface area contributed by atoms with E-state index in [9.17, 15) is 9.59 Å². The minimum Gasteiger partial charge on any atom is -0.468 e. The molecule has 0 spiro atoms. The Kier molecular flexibility index (Phi) is 8.02. The quantitative estimate of drug-likeness (QED) is 0.375. The first-order valence-electron chi connectivity index (χ1n) is 9.66. The normalized spacial score (nSPS) is 17.9. The van der Waals surface area contributed by atoms with Gasteiger partial charge in [0.15, 0.2) is 0 Å². The molecule has 0 saturated carbocycles. The van der Waals surface area contributed by atoms with Gasteiger partial charge in [0.2, 0.25) is 0 Å². The Morgan fingerprint density at radius 2 is 1.90 bits per heavy atom. The second-order valence-corrected chi connectivity index (χ2v) is 9.46. The highest BCUT2D eigenvalue weighted by Crippen LogP contribution is 2.38. The molecule has 1 unspecified atom stereocenters. The number of thioether (sulfide) groups is 1. The summed E-state index contributed by atoms with van der Waals surface area (Å²) in [5.74, 6) is 0.485. The molecule has 9 heteroatoms. The Bertz CT molecular complexity index is 969. The zero-order valence-corrected chi connectivity index (χ0v) is 20.4. The number of ether oxygens (including phenoxy) is 1. The predicted octanol–water partition coefficient (Wildman–Crippen LogP) is 5.66. The molecule has 6 nitrogen and oxygen atoms in total. The maximum Gasteiger partial charge on any atom is 0.342 e. The molecule has 31 heavy (non-hydrogen) atoms. The van der Waals surface area contributed by atoms with Crippen LogP contribution in [0.2, 0.25) is 5.02 Å². The molecular weight excluding hydrogens is 502 g/mol. The average Bonchev–Trinajstić information content (AvgIpc) is 3.16. The number of nitrogens with one attached hydrogen (secondary N) is 1. The van der Waals surface area contributed by atoms with Crippen molar-refractivity contribution < 1.29 is 14.3 Å². The number of nitrogens with zero attached hydrogens (tertiary/aromatic N) is 2. The predicted molar refractivity (Wildman–Crippen MR) is 130 cm³/mol. The Hall–Kier alpha value is -2.03. The topological polar surface area (TPSA) is 71.0 Å². The number of hydrogen-bond donors (Lipinski definition) is 1. The highest BCUT2D eigenvalue weighted by atomic mass is 79.9. The molecule has 0 aliphatic carbocycles. The number of rotatable bonds is 7. The molecule has 0 saturated heterocycles. The van der Waals surface area contributed by atoms with Gasteiger partial charge in [0, 0.05) is 15.2 Å². The number of hydrogen-bond acceptors (Lipinski definition) is 5. The van der Waals surface area contributed by atoms with Crippen molar-refractivity contribution in [1.29, 1.82) is 0 Å². The van der Waals surface area contributed by atoms with Crippen LogP contribution in [0.3, 0.4) is 0 Å². The smallest absolute Gasteiger partial charge is 0.342 e. The van der Waals surface area contributed by atoms with E-state index < -0.39 is 17.4 Å². The molecule has 1 aliphatic rings. The highest BCUT2D eigenvalue weighted by molar-refractivity contribution is 9.10. The van der Waals surface area contributed by atoms with Gasteiger partial charge in [-0.15, -0.1) is 0 Å². The van der Waals surface area contributed by atoms with Crippen LogP contribution in [0, 0.1) is 5.41 Å². The number of carbonyl (C=O) groups excluding carboxylic acids is 2. The fraction of sp³-hybridized carbons (Fsp3) is 0.318. The maximum atomic E-state index is 13.0. The molecular formula is C22H23BrClN3O3S. The van der Waals surface area contributed by atoms with E-state index in [2.05, 4.69) is 26.3 Å². The van der Waals surface area contributed by atoms with Crippen LogP contribution >= 0.6 is 39.3 Å². The summed E-state index contributed by atoms with van der Waals surface area (Å²) in [4.78, 5) is 26.0. The van der Waals surface area contributed by atoms with Crippen molar-refractivity contribution in [2.24, 2.45) is 10.5 Å². The summed E-state index contributed by atoms with van der Waals surface area (Å²) in [6.07, 6.45) is 3.32. The van der Waals surface area contributed by atoms with Crippen LogP contribution in [0.25, 0.3) is 0 Å². The molecule has 2 aromatic rings. The van der Waals surface area contributed by atoms with E-state index in [-0.39, 0.29) is 6.54 Å². The molecule has 164 valence electrons.